The van der Waals surface area contributed by atoms with Gasteiger partial charge in [-0.15, -0.1) is 0 Å². The monoisotopic (exact) mass is 176 g/mol. The number of aromatic amines is 1. The lowest BCUT2D eigenvalue weighted by Gasteiger charge is -1.98. The lowest BCUT2D eigenvalue weighted by Crippen LogP contribution is -1.95. The van der Waals surface area contributed by atoms with E-state index in [1.807, 2.05) is 0 Å². The maximum atomic E-state index is 4.35. The standard InChI is InChI=1S/C9H12N4/c1-6(2)3-8-12-7-4-10-5-11-9(7)13-8/h4-6H,3H2,1-2H3,(H,10,11,12,13). The SMILES string of the molecule is CC(C)Cc1nc2ncncc2[nH]1. The van der Waals surface area contributed by atoms with Crippen molar-refractivity contribution in [3.63, 3.8) is 0 Å². The normalized spacial score (nSPS) is 11.3. The third-order valence-electron chi connectivity index (χ3n) is 1.81. The first kappa shape index (κ1) is 8.16. The van der Waals surface area contributed by atoms with E-state index < -0.39 is 0 Å². The molecule has 4 nitrogen and oxygen atoms in total. The summed E-state index contributed by atoms with van der Waals surface area (Å²) in [5.41, 5.74) is 1.67. The van der Waals surface area contributed by atoms with Gasteiger partial charge in [-0.3, -0.25) is 0 Å². The van der Waals surface area contributed by atoms with Crippen molar-refractivity contribution in [2.24, 2.45) is 5.92 Å². The second kappa shape index (κ2) is 3.12. The summed E-state index contributed by atoms with van der Waals surface area (Å²) in [6.45, 7) is 4.33. The van der Waals surface area contributed by atoms with E-state index in [4.69, 9.17) is 0 Å². The molecule has 0 aliphatic heterocycles. The van der Waals surface area contributed by atoms with Crippen molar-refractivity contribution in [3.8, 4) is 0 Å². The van der Waals surface area contributed by atoms with Gasteiger partial charge >= 0.3 is 0 Å². The summed E-state index contributed by atoms with van der Waals surface area (Å²) in [6.07, 6.45) is 4.22. The largest absolute Gasteiger partial charge is 0.339 e. The molecule has 0 bridgehead atoms. The van der Waals surface area contributed by atoms with E-state index in [2.05, 4.69) is 33.8 Å². The molecule has 2 heterocycles. The molecular formula is C9H12N4. The van der Waals surface area contributed by atoms with Gasteiger partial charge < -0.3 is 4.98 Å². The maximum Gasteiger partial charge on any atom is 0.180 e. The first-order valence-electron chi connectivity index (χ1n) is 4.40. The maximum absolute atomic E-state index is 4.35. The molecule has 68 valence electrons. The molecule has 2 rings (SSSR count). The summed E-state index contributed by atoms with van der Waals surface area (Å²) in [4.78, 5) is 15.5. The van der Waals surface area contributed by atoms with Crippen molar-refractivity contribution in [3.05, 3.63) is 18.3 Å². The fourth-order valence-electron chi connectivity index (χ4n) is 1.30. The number of hydrogen-bond acceptors (Lipinski definition) is 3. The van der Waals surface area contributed by atoms with Crippen LogP contribution < -0.4 is 0 Å². The number of hydrogen-bond donors (Lipinski definition) is 1. The zero-order valence-corrected chi connectivity index (χ0v) is 7.78. The quantitative estimate of drug-likeness (QED) is 0.755. The number of aromatic nitrogens is 4. The molecule has 0 aromatic carbocycles. The van der Waals surface area contributed by atoms with Crippen LogP contribution in [0.25, 0.3) is 11.2 Å². The third-order valence-corrected chi connectivity index (χ3v) is 1.81. The number of nitrogens with one attached hydrogen (secondary N) is 1. The second-order valence-electron chi connectivity index (χ2n) is 3.54. The van der Waals surface area contributed by atoms with Gasteiger partial charge in [0.2, 0.25) is 0 Å². The Morgan fingerprint density at radius 1 is 1.46 bits per heavy atom. The predicted octanol–water partition coefficient (Wildman–Crippen LogP) is 1.55. The third kappa shape index (κ3) is 1.66. The van der Waals surface area contributed by atoms with Gasteiger partial charge in [0.15, 0.2) is 5.65 Å². The first-order chi connectivity index (χ1) is 6.25. The van der Waals surface area contributed by atoms with Crippen molar-refractivity contribution in [2.45, 2.75) is 20.3 Å². The zero-order valence-electron chi connectivity index (χ0n) is 7.78. The minimum Gasteiger partial charge on any atom is -0.339 e. The topological polar surface area (TPSA) is 54.5 Å². The van der Waals surface area contributed by atoms with E-state index >= 15 is 0 Å². The number of nitrogens with zero attached hydrogens (tertiary/aromatic N) is 3. The Hall–Kier alpha value is -1.45. The average Bonchev–Trinajstić information content (AvgIpc) is 2.44. The van der Waals surface area contributed by atoms with Crippen LogP contribution >= 0.6 is 0 Å². The van der Waals surface area contributed by atoms with Crippen LogP contribution in [-0.4, -0.2) is 19.9 Å². The molecule has 13 heavy (non-hydrogen) atoms. The molecule has 0 saturated heterocycles. The van der Waals surface area contributed by atoms with Gasteiger partial charge in [0.1, 0.15) is 17.7 Å². The molecule has 0 amide bonds. The molecule has 0 aliphatic carbocycles. The molecule has 0 aliphatic rings. The fraction of sp³-hybridized carbons (Fsp3) is 0.444. The molecule has 4 heteroatoms. The van der Waals surface area contributed by atoms with Gasteiger partial charge in [0, 0.05) is 6.42 Å². The summed E-state index contributed by atoms with van der Waals surface area (Å²) in [5, 5.41) is 0. The van der Waals surface area contributed by atoms with Gasteiger partial charge in [-0.2, -0.15) is 0 Å². The summed E-state index contributed by atoms with van der Waals surface area (Å²) in [5.74, 6) is 1.60. The van der Waals surface area contributed by atoms with Gasteiger partial charge in [-0.1, -0.05) is 13.8 Å². The Balaban J connectivity index is 2.38. The van der Waals surface area contributed by atoms with Crippen molar-refractivity contribution < 1.29 is 0 Å². The van der Waals surface area contributed by atoms with Crippen LogP contribution in [0.15, 0.2) is 12.5 Å². The Morgan fingerprint density at radius 2 is 2.31 bits per heavy atom. The minimum absolute atomic E-state index is 0.605. The van der Waals surface area contributed by atoms with E-state index in [-0.39, 0.29) is 0 Å². The predicted molar refractivity (Wildman–Crippen MR) is 50.2 cm³/mol. The summed E-state index contributed by atoms with van der Waals surface area (Å²) in [7, 11) is 0. The van der Waals surface area contributed by atoms with E-state index in [1.54, 1.807) is 6.20 Å². The van der Waals surface area contributed by atoms with Crippen LogP contribution in [0, 0.1) is 5.92 Å². The van der Waals surface area contributed by atoms with Crippen molar-refractivity contribution in [2.75, 3.05) is 0 Å². The highest BCUT2D eigenvalue weighted by molar-refractivity contribution is 5.68. The molecule has 0 saturated carbocycles. The summed E-state index contributed by atoms with van der Waals surface area (Å²) >= 11 is 0. The molecule has 0 unspecified atom stereocenters. The Bertz CT molecular complexity index is 372. The molecule has 2 aromatic heterocycles. The fourth-order valence-corrected chi connectivity index (χ4v) is 1.30. The van der Waals surface area contributed by atoms with Crippen LogP contribution in [-0.2, 0) is 6.42 Å². The second-order valence-corrected chi connectivity index (χ2v) is 3.54. The van der Waals surface area contributed by atoms with Gasteiger partial charge in [-0.05, 0) is 5.92 Å². The lowest BCUT2D eigenvalue weighted by molar-refractivity contribution is 0.627. The van der Waals surface area contributed by atoms with E-state index in [0.717, 1.165) is 23.4 Å². The molecule has 0 spiro atoms. The lowest BCUT2D eigenvalue weighted by atomic mass is 10.1. The van der Waals surface area contributed by atoms with E-state index in [1.165, 1.54) is 6.33 Å². The zero-order chi connectivity index (χ0) is 9.26. The number of fused-ring (bicyclic) bond motifs is 1. The Kier molecular flexibility index (Phi) is 1.96. The van der Waals surface area contributed by atoms with Crippen molar-refractivity contribution in [1.29, 1.82) is 0 Å². The van der Waals surface area contributed by atoms with Crippen molar-refractivity contribution >= 4 is 11.2 Å². The van der Waals surface area contributed by atoms with Gasteiger partial charge in [0.05, 0.1) is 6.20 Å². The highest BCUT2D eigenvalue weighted by Crippen LogP contribution is 2.09. The van der Waals surface area contributed by atoms with E-state index in [0.29, 0.717) is 5.92 Å². The van der Waals surface area contributed by atoms with Gasteiger partial charge in [0.25, 0.3) is 0 Å². The first-order valence-corrected chi connectivity index (χ1v) is 4.40. The molecule has 0 radical (unpaired) electrons. The van der Waals surface area contributed by atoms with Crippen LogP contribution in [0.3, 0.4) is 0 Å². The molecular weight excluding hydrogens is 164 g/mol. The van der Waals surface area contributed by atoms with Crippen LogP contribution in [0.1, 0.15) is 19.7 Å². The highest BCUT2D eigenvalue weighted by atomic mass is 15.0. The Labute approximate surface area is 76.4 Å². The van der Waals surface area contributed by atoms with Crippen LogP contribution in [0.2, 0.25) is 0 Å². The molecule has 0 fully saturated rings. The number of imidazole rings is 1. The van der Waals surface area contributed by atoms with E-state index in [9.17, 15) is 0 Å². The summed E-state index contributed by atoms with van der Waals surface area (Å²) < 4.78 is 0. The molecule has 0 atom stereocenters. The molecule has 1 N–H and O–H groups in total. The smallest absolute Gasteiger partial charge is 0.180 e. The summed E-state index contributed by atoms with van der Waals surface area (Å²) in [6, 6.07) is 0. The van der Waals surface area contributed by atoms with Crippen LogP contribution in [0.4, 0.5) is 0 Å². The Morgan fingerprint density at radius 3 is 3.00 bits per heavy atom. The average molecular weight is 176 g/mol. The number of H-pyrrole nitrogens is 1. The van der Waals surface area contributed by atoms with Gasteiger partial charge in [-0.25, -0.2) is 15.0 Å². The molecule has 2 aromatic rings. The highest BCUT2D eigenvalue weighted by Gasteiger charge is 2.04. The van der Waals surface area contributed by atoms with Crippen LogP contribution in [0.5, 0.6) is 0 Å². The van der Waals surface area contributed by atoms with Crippen molar-refractivity contribution in [1.82, 2.24) is 19.9 Å². The minimum atomic E-state index is 0.605. The number of rotatable bonds is 2.